The van der Waals surface area contributed by atoms with E-state index >= 15 is 0 Å². The molecule has 2 fully saturated rings. The Morgan fingerprint density at radius 1 is 1.21 bits per heavy atom. The number of nitrogens with two attached hydrogens (primary N) is 1. The lowest BCUT2D eigenvalue weighted by Crippen LogP contribution is -2.24. The summed E-state index contributed by atoms with van der Waals surface area (Å²) in [6, 6.07) is 0. The Kier molecular flexibility index (Phi) is 2.84. The average molecular weight is 217 g/mol. The highest BCUT2D eigenvalue weighted by Crippen LogP contribution is 2.49. The molecular weight excluding hydrogens is 198 g/mol. The van der Waals surface area contributed by atoms with Gasteiger partial charge >= 0.3 is 0 Å². The van der Waals surface area contributed by atoms with Crippen molar-refractivity contribution in [3.8, 4) is 0 Å². The fourth-order valence-electron chi connectivity index (χ4n) is 2.73. The quantitative estimate of drug-likeness (QED) is 0.760. The monoisotopic (exact) mass is 217 g/mol. The minimum Gasteiger partial charge on any atom is -0.330 e. The molecule has 1 heterocycles. The molecule has 2 atom stereocenters. The molecule has 82 valence electrons. The average Bonchev–Trinajstić information content (AvgIpc) is 2.85. The molecular formula is C10H19NO2S. The van der Waals surface area contributed by atoms with E-state index in [1.165, 1.54) is 6.42 Å². The minimum atomic E-state index is -2.68. The smallest absolute Gasteiger partial charge is 0.150 e. The molecule has 2 aliphatic rings. The van der Waals surface area contributed by atoms with Crippen LogP contribution in [0.3, 0.4) is 0 Å². The van der Waals surface area contributed by atoms with Gasteiger partial charge in [0.15, 0.2) is 0 Å². The third-order valence-corrected chi connectivity index (χ3v) is 5.43. The Bertz CT molecular complexity index is 285. The summed E-state index contributed by atoms with van der Waals surface area (Å²) in [7, 11) is -2.68. The first-order valence-corrected chi connectivity index (χ1v) is 7.35. The van der Waals surface area contributed by atoms with Crippen molar-refractivity contribution in [3.63, 3.8) is 0 Å². The van der Waals surface area contributed by atoms with E-state index in [1.54, 1.807) is 0 Å². The van der Waals surface area contributed by atoms with Crippen molar-refractivity contribution in [1.29, 1.82) is 0 Å². The van der Waals surface area contributed by atoms with E-state index < -0.39 is 9.84 Å². The van der Waals surface area contributed by atoms with Crippen molar-refractivity contribution in [2.75, 3.05) is 18.1 Å². The van der Waals surface area contributed by atoms with Crippen molar-refractivity contribution in [1.82, 2.24) is 0 Å². The van der Waals surface area contributed by atoms with Gasteiger partial charge in [-0.05, 0) is 50.0 Å². The van der Waals surface area contributed by atoms with Crippen LogP contribution in [0.2, 0.25) is 0 Å². The Balaban J connectivity index is 1.80. The van der Waals surface area contributed by atoms with Gasteiger partial charge in [-0.3, -0.25) is 0 Å². The lowest BCUT2D eigenvalue weighted by atomic mass is 9.95. The van der Waals surface area contributed by atoms with Crippen LogP contribution in [0.1, 0.15) is 25.7 Å². The van der Waals surface area contributed by atoms with Crippen LogP contribution in [-0.4, -0.2) is 26.5 Å². The van der Waals surface area contributed by atoms with Gasteiger partial charge in [0.1, 0.15) is 9.84 Å². The van der Waals surface area contributed by atoms with E-state index in [4.69, 9.17) is 5.73 Å². The molecule has 14 heavy (non-hydrogen) atoms. The maximum atomic E-state index is 11.2. The van der Waals surface area contributed by atoms with E-state index in [1.807, 2.05) is 0 Å². The molecule has 3 nitrogen and oxygen atoms in total. The zero-order valence-corrected chi connectivity index (χ0v) is 9.30. The summed E-state index contributed by atoms with van der Waals surface area (Å²) in [5.41, 5.74) is 5.51. The highest BCUT2D eigenvalue weighted by molar-refractivity contribution is 7.91. The molecule has 0 amide bonds. The Morgan fingerprint density at radius 3 is 2.43 bits per heavy atom. The zero-order valence-electron chi connectivity index (χ0n) is 8.48. The molecule has 2 unspecified atom stereocenters. The highest BCUT2D eigenvalue weighted by Gasteiger charge is 2.43. The van der Waals surface area contributed by atoms with Gasteiger partial charge in [-0.15, -0.1) is 0 Å². The van der Waals surface area contributed by atoms with Gasteiger partial charge in [0.2, 0.25) is 0 Å². The molecule has 0 aromatic heterocycles. The summed E-state index contributed by atoms with van der Waals surface area (Å²) in [4.78, 5) is 0. The molecule has 0 radical (unpaired) electrons. The standard InChI is InChI=1S/C10H19NO2S/c11-4-1-9-7-10(9)8-2-5-14(12,13)6-3-8/h8-10H,1-7,11H2. The Labute approximate surface area is 86.0 Å². The van der Waals surface area contributed by atoms with Crippen LogP contribution in [0.4, 0.5) is 0 Å². The first-order valence-electron chi connectivity index (χ1n) is 5.53. The van der Waals surface area contributed by atoms with E-state index in [0.29, 0.717) is 17.4 Å². The molecule has 0 aromatic rings. The van der Waals surface area contributed by atoms with Crippen LogP contribution in [0.5, 0.6) is 0 Å². The summed E-state index contributed by atoms with van der Waals surface area (Å²) in [6.45, 7) is 0.784. The second-order valence-corrected chi connectivity index (χ2v) is 7.03. The van der Waals surface area contributed by atoms with Crippen LogP contribution in [-0.2, 0) is 9.84 Å². The van der Waals surface area contributed by atoms with Gasteiger partial charge in [0.05, 0.1) is 11.5 Å². The minimum absolute atomic E-state index is 0.420. The van der Waals surface area contributed by atoms with Gasteiger partial charge in [-0.1, -0.05) is 0 Å². The molecule has 1 aliphatic heterocycles. The van der Waals surface area contributed by atoms with E-state index in [9.17, 15) is 8.42 Å². The number of sulfone groups is 1. The SMILES string of the molecule is NCCC1CC1C1CCS(=O)(=O)CC1. The van der Waals surface area contributed by atoms with Gasteiger partial charge in [-0.2, -0.15) is 0 Å². The second-order valence-electron chi connectivity index (χ2n) is 4.73. The van der Waals surface area contributed by atoms with Crippen molar-refractivity contribution < 1.29 is 8.42 Å². The molecule has 4 heteroatoms. The van der Waals surface area contributed by atoms with E-state index in [0.717, 1.165) is 37.6 Å². The van der Waals surface area contributed by atoms with Crippen molar-refractivity contribution in [2.24, 2.45) is 23.5 Å². The van der Waals surface area contributed by atoms with Crippen LogP contribution in [0.15, 0.2) is 0 Å². The third-order valence-electron chi connectivity index (χ3n) is 3.72. The van der Waals surface area contributed by atoms with Gasteiger partial charge in [0.25, 0.3) is 0 Å². The number of rotatable bonds is 3. The van der Waals surface area contributed by atoms with Crippen molar-refractivity contribution >= 4 is 9.84 Å². The fraction of sp³-hybridized carbons (Fsp3) is 1.00. The van der Waals surface area contributed by atoms with Crippen molar-refractivity contribution in [2.45, 2.75) is 25.7 Å². The van der Waals surface area contributed by atoms with Gasteiger partial charge < -0.3 is 5.73 Å². The lowest BCUT2D eigenvalue weighted by molar-refractivity contribution is 0.390. The molecule has 2 rings (SSSR count). The van der Waals surface area contributed by atoms with E-state index in [-0.39, 0.29) is 0 Å². The summed E-state index contributed by atoms with van der Waals surface area (Å²) >= 11 is 0. The number of hydrogen-bond donors (Lipinski definition) is 1. The van der Waals surface area contributed by atoms with Crippen LogP contribution >= 0.6 is 0 Å². The Morgan fingerprint density at radius 2 is 1.86 bits per heavy atom. The highest BCUT2D eigenvalue weighted by atomic mass is 32.2. The molecule has 1 aliphatic carbocycles. The summed E-state index contributed by atoms with van der Waals surface area (Å²) < 4.78 is 22.5. The topological polar surface area (TPSA) is 60.2 Å². The summed E-state index contributed by atoms with van der Waals surface area (Å²) in [5.74, 6) is 3.13. The largest absolute Gasteiger partial charge is 0.330 e. The third kappa shape index (κ3) is 2.28. The molecule has 2 N–H and O–H groups in total. The van der Waals surface area contributed by atoms with Gasteiger partial charge in [0, 0.05) is 0 Å². The van der Waals surface area contributed by atoms with Crippen LogP contribution < -0.4 is 5.73 Å². The molecule has 1 saturated carbocycles. The lowest BCUT2D eigenvalue weighted by Gasteiger charge is -2.21. The predicted octanol–water partition coefficient (Wildman–Crippen LogP) is 0.796. The normalized spacial score (nSPS) is 36.9. The molecule has 0 bridgehead atoms. The first kappa shape index (κ1) is 10.4. The molecule has 0 aromatic carbocycles. The number of hydrogen-bond acceptors (Lipinski definition) is 3. The maximum Gasteiger partial charge on any atom is 0.150 e. The fourth-order valence-corrected chi connectivity index (χ4v) is 4.26. The zero-order chi connectivity index (χ0) is 10.2. The second kappa shape index (κ2) is 3.81. The van der Waals surface area contributed by atoms with Crippen molar-refractivity contribution in [3.05, 3.63) is 0 Å². The summed E-state index contributed by atoms with van der Waals surface area (Å²) in [6.07, 6.45) is 4.22. The predicted molar refractivity (Wildman–Crippen MR) is 56.6 cm³/mol. The van der Waals surface area contributed by atoms with Gasteiger partial charge in [-0.25, -0.2) is 8.42 Å². The molecule has 1 saturated heterocycles. The summed E-state index contributed by atoms with van der Waals surface area (Å²) in [5, 5.41) is 0. The maximum absolute atomic E-state index is 11.2. The Hall–Kier alpha value is -0.0900. The molecule has 0 spiro atoms. The van der Waals surface area contributed by atoms with E-state index in [2.05, 4.69) is 0 Å². The van der Waals surface area contributed by atoms with Crippen LogP contribution in [0, 0.1) is 17.8 Å². The van der Waals surface area contributed by atoms with Crippen LogP contribution in [0.25, 0.3) is 0 Å². The first-order chi connectivity index (χ1) is 6.62.